The van der Waals surface area contributed by atoms with Gasteiger partial charge in [0.25, 0.3) is 0 Å². The fourth-order valence-corrected chi connectivity index (χ4v) is 3.46. The molecule has 3 nitrogen and oxygen atoms in total. The van der Waals surface area contributed by atoms with E-state index in [9.17, 15) is 13.2 Å². The highest BCUT2D eigenvalue weighted by Crippen LogP contribution is 2.38. The van der Waals surface area contributed by atoms with Gasteiger partial charge in [-0.15, -0.1) is 0 Å². The second-order valence-electron chi connectivity index (χ2n) is 4.96. The van der Waals surface area contributed by atoms with E-state index in [0.717, 1.165) is 21.5 Å². The van der Waals surface area contributed by atoms with Gasteiger partial charge in [-0.25, -0.2) is 9.97 Å². The number of halogens is 4. The second-order valence-corrected chi connectivity index (χ2v) is 7.27. The molecule has 0 radical (unpaired) electrons. The van der Waals surface area contributed by atoms with E-state index >= 15 is 0 Å². The van der Waals surface area contributed by atoms with E-state index in [1.807, 2.05) is 18.2 Å². The van der Waals surface area contributed by atoms with E-state index < -0.39 is 11.7 Å². The Balaban J connectivity index is 1.95. The highest BCUT2D eigenvalue weighted by Gasteiger charge is 2.35. The predicted molar refractivity (Wildman–Crippen MR) is 100 cm³/mol. The fourth-order valence-electron chi connectivity index (χ4n) is 1.99. The van der Waals surface area contributed by atoms with Crippen LogP contribution in [-0.2, 0) is 6.18 Å². The zero-order valence-electron chi connectivity index (χ0n) is 12.6. The molecule has 0 amide bonds. The molecule has 1 aromatic heterocycles. The topological polar surface area (TPSA) is 37.8 Å². The molecule has 0 aliphatic carbocycles. The minimum absolute atomic E-state index is 0.119. The molecule has 0 atom stereocenters. The van der Waals surface area contributed by atoms with Gasteiger partial charge in [0.1, 0.15) is 10.6 Å². The van der Waals surface area contributed by atoms with Gasteiger partial charge in [0.15, 0.2) is 0 Å². The molecule has 0 aliphatic rings. The van der Waals surface area contributed by atoms with Crippen LogP contribution in [0.3, 0.4) is 0 Å². The van der Waals surface area contributed by atoms with Crippen LogP contribution in [0.1, 0.15) is 5.56 Å². The highest BCUT2D eigenvalue weighted by atomic mass is 127. The van der Waals surface area contributed by atoms with Gasteiger partial charge in [0.2, 0.25) is 5.95 Å². The normalized spacial score (nSPS) is 11.4. The van der Waals surface area contributed by atoms with E-state index in [-0.39, 0.29) is 11.0 Å². The van der Waals surface area contributed by atoms with Crippen LogP contribution in [0.25, 0.3) is 0 Å². The van der Waals surface area contributed by atoms with Crippen molar-refractivity contribution >= 4 is 46.0 Å². The van der Waals surface area contributed by atoms with Gasteiger partial charge in [0, 0.05) is 20.3 Å². The Hall–Kier alpha value is -1.81. The Morgan fingerprint density at radius 2 is 1.76 bits per heavy atom. The summed E-state index contributed by atoms with van der Waals surface area (Å²) in [5, 5.41) is 2.80. The van der Waals surface area contributed by atoms with E-state index in [0.29, 0.717) is 10.6 Å². The summed E-state index contributed by atoms with van der Waals surface area (Å²) in [5.74, 6) is 0.119. The SMILES string of the molecule is FC(F)(F)c1cnc(Nc2cccc(I)c2)nc1Sc1ccccc1. The second kappa shape index (κ2) is 7.61. The molecule has 0 saturated heterocycles. The molecule has 1 heterocycles. The minimum atomic E-state index is -4.52. The molecule has 25 heavy (non-hydrogen) atoms. The summed E-state index contributed by atoms with van der Waals surface area (Å²) in [7, 11) is 0. The zero-order chi connectivity index (χ0) is 17.9. The van der Waals surface area contributed by atoms with Crippen LogP contribution in [0.4, 0.5) is 24.8 Å². The lowest BCUT2D eigenvalue weighted by Gasteiger charge is -2.13. The van der Waals surface area contributed by atoms with Crippen molar-refractivity contribution in [1.29, 1.82) is 0 Å². The predicted octanol–water partition coefficient (Wildman–Crippen LogP) is 5.99. The van der Waals surface area contributed by atoms with Gasteiger partial charge >= 0.3 is 6.18 Å². The molecule has 0 fully saturated rings. The van der Waals surface area contributed by atoms with Crippen LogP contribution in [0.5, 0.6) is 0 Å². The van der Waals surface area contributed by atoms with Crippen LogP contribution in [0.15, 0.2) is 70.7 Å². The number of hydrogen-bond acceptors (Lipinski definition) is 4. The van der Waals surface area contributed by atoms with Crippen molar-refractivity contribution in [1.82, 2.24) is 9.97 Å². The average molecular weight is 473 g/mol. The number of nitrogens with one attached hydrogen (secondary N) is 1. The third kappa shape index (κ3) is 4.85. The smallest absolute Gasteiger partial charge is 0.324 e. The monoisotopic (exact) mass is 473 g/mol. The molecule has 2 aromatic carbocycles. The number of hydrogen-bond donors (Lipinski definition) is 1. The highest BCUT2D eigenvalue weighted by molar-refractivity contribution is 14.1. The molecule has 1 N–H and O–H groups in total. The molecular formula is C17H11F3IN3S. The molecule has 128 valence electrons. The number of nitrogens with zero attached hydrogens (tertiary/aromatic N) is 2. The van der Waals surface area contributed by atoms with Crippen LogP contribution >= 0.6 is 34.4 Å². The van der Waals surface area contributed by atoms with E-state index in [1.165, 1.54) is 0 Å². The molecule has 8 heteroatoms. The summed E-state index contributed by atoms with van der Waals surface area (Å²) in [6.45, 7) is 0. The minimum Gasteiger partial charge on any atom is -0.324 e. The molecular weight excluding hydrogens is 462 g/mol. The van der Waals surface area contributed by atoms with Gasteiger partial charge in [-0.1, -0.05) is 36.0 Å². The van der Waals surface area contributed by atoms with Crippen molar-refractivity contribution in [2.45, 2.75) is 16.1 Å². The third-order valence-electron chi connectivity index (χ3n) is 3.10. The lowest BCUT2D eigenvalue weighted by molar-refractivity contribution is -0.140. The van der Waals surface area contributed by atoms with Gasteiger partial charge in [-0.3, -0.25) is 0 Å². The Morgan fingerprint density at radius 3 is 2.44 bits per heavy atom. The molecule has 3 rings (SSSR count). The summed E-state index contributed by atoms with van der Waals surface area (Å²) in [4.78, 5) is 8.57. The van der Waals surface area contributed by atoms with Crippen LogP contribution in [-0.4, -0.2) is 9.97 Å². The average Bonchev–Trinajstić information content (AvgIpc) is 2.55. The lowest BCUT2D eigenvalue weighted by Crippen LogP contribution is -2.10. The first-order chi connectivity index (χ1) is 11.9. The van der Waals surface area contributed by atoms with Gasteiger partial charge < -0.3 is 5.32 Å². The van der Waals surface area contributed by atoms with E-state index in [4.69, 9.17) is 0 Å². The van der Waals surface area contributed by atoms with Crippen LogP contribution in [0.2, 0.25) is 0 Å². The quantitative estimate of drug-likeness (QED) is 0.373. The molecule has 0 spiro atoms. The maximum absolute atomic E-state index is 13.2. The van der Waals surface area contributed by atoms with Gasteiger partial charge in [-0.2, -0.15) is 13.2 Å². The zero-order valence-corrected chi connectivity index (χ0v) is 15.6. The fraction of sp³-hybridized carbons (Fsp3) is 0.0588. The van der Waals surface area contributed by atoms with Crippen molar-refractivity contribution in [3.05, 3.63) is 69.9 Å². The maximum atomic E-state index is 13.2. The summed E-state index contributed by atoms with van der Waals surface area (Å²) in [5.41, 5.74) is -0.142. The molecule has 0 bridgehead atoms. The number of alkyl halides is 3. The largest absolute Gasteiger partial charge is 0.420 e. The Bertz CT molecular complexity index is 873. The number of anilines is 2. The number of rotatable bonds is 4. The Kier molecular flexibility index (Phi) is 5.48. The summed E-state index contributed by atoms with van der Waals surface area (Å²) in [6, 6.07) is 16.2. The first-order valence-corrected chi connectivity index (χ1v) is 9.01. The van der Waals surface area contributed by atoms with Gasteiger partial charge in [0.05, 0.1) is 0 Å². The third-order valence-corrected chi connectivity index (χ3v) is 4.78. The van der Waals surface area contributed by atoms with E-state index in [2.05, 4.69) is 37.9 Å². The summed E-state index contributed by atoms with van der Waals surface area (Å²) in [6.07, 6.45) is -3.70. The van der Waals surface area contributed by atoms with Crippen molar-refractivity contribution < 1.29 is 13.2 Å². The van der Waals surface area contributed by atoms with Crippen LogP contribution in [0, 0.1) is 3.57 Å². The molecule has 0 aliphatic heterocycles. The summed E-state index contributed by atoms with van der Waals surface area (Å²) >= 11 is 3.11. The summed E-state index contributed by atoms with van der Waals surface area (Å²) < 4.78 is 40.7. The van der Waals surface area contributed by atoms with Crippen molar-refractivity contribution in [3.63, 3.8) is 0 Å². The lowest BCUT2D eigenvalue weighted by atomic mass is 10.3. The Morgan fingerprint density at radius 1 is 1.00 bits per heavy atom. The first-order valence-electron chi connectivity index (χ1n) is 7.11. The van der Waals surface area contributed by atoms with E-state index in [1.54, 1.807) is 36.4 Å². The maximum Gasteiger partial charge on any atom is 0.420 e. The number of benzene rings is 2. The number of aromatic nitrogens is 2. The van der Waals surface area contributed by atoms with Gasteiger partial charge in [-0.05, 0) is 52.9 Å². The standard InChI is InChI=1S/C17H11F3IN3S/c18-17(19,20)14-10-22-16(23-12-6-4-5-11(21)9-12)24-15(14)25-13-7-2-1-3-8-13/h1-10H,(H,22,23,24). The Labute approximate surface area is 160 Å². The molecule has 0 unspecified atom stereocenters. The van der Waals surface area contributed by atoms with Crippen molar-refractivity contribution in [2.24, 2.45) is 0 Å². The van der Waals surface area contributed by atoms with Crippen LogP contribution < -0.4 is 5.32 Å². The van der Waals surface area contributed by atoms with Crippen molar-refractivity contribution in [3.8, 4) is 0 Å². The van der Waals surface area contributed by atoms with Crippen molar-refractivity contribution in [2.75, 3.05) is 5.32 Å². The first kappa shape index (κ1) is 18.0. The molecule has 3 aromatic rings. The molecule has 0 saturated carbocycles.